The average Bonchev–Trinajstić information content (AvgIpc) is 0.834. The Morgan fingerprint density at radius 3 is 1.05 bits per heavy atom. The number of carboxylic acids is 1. The molecule has 0 heterocycles. The van der Waals surface area contributed by atoms with E-state index in [1.54, 1.807) is 21.1 Å². The van der Waals surface area contributed by atoms with Crippen LogP contribution < -0.4 is 0 Å². The quantitative estimate of drug-likeness (QED) is 0.0340. The Morgan fingerprint density at radius 2 is 0.737 bits per heavy atom. The van der Waals surface area contributed by atoms with Crippen LogP contribution in [0.5, 0.6) is 0 Å². The van der Waals surface area contributed by atoms with E-state index in [-0.39, 0.29) is 86.1 Å². The third-order valence-electron chi connectivity index (χ3n) is 12.1. The molecule has 528 valence electrons. The van der Waals surface area contributed by atoms with Crippen molar-refractivity contribution in [1.29, 1.82) is 0 Å². The molecule has 0 aliphatic rings. The SMILES string of the molecule is C#CCN(C)C(=O)c1ccc(S(=O)(=O)Cl)cc1.C#CCN(C)C(=O)c1ccc(S(=O)(=O)N(C)CC#C)cc1.C#CCN(C)C(=O)c1ccc(S(=O)(=O)OCCc2ccc3ccccc3c2)cc1.ClP(Cl)(Cl)(Cl)Cl.O=C(Cl)c1ccc(S(=O)(=O)Cl)cc1.O=C(O)c1ccc(S(=O)(=O)Cl)cc1. The molecule has 0 saturated heterocycles. The van der Waals surface area contributed by atoms with Crippen LogP contribution in [0.25, 0.3) is 10.8 Å². The first-order valence-corrected chi connectivity index (χ1v) is 43.8. The first-order chi connectivity index (χ1) is 45.7. The van der Waals surface area contributed by atoms with Gasteiger partial charge >= 0.3 is 65.5 Å². The maximum atomic E-state index is 12.4. The van der Waals surface area contributed by atoms with Gasteiger partial charge in [-0.2, -0.15) is 12.7 Å². The molecule has 7 aromatic rings. The molecule has 0 spiro atoms. The van der Waals surface area contributed by atoms with Gasteiger partial charge in [-0.05, 0) is 156 Å². The van der Waals surface area contributed by atoms with Gasteiger partial charge in [-0.15, -0.1) is 25.7 Å². The van der Waals surface area contributed by atoms with E-state index >= 15 is 0 Å². The van der Waals surface area contributed by atoms with E-state index in [2.05, 4.69) is 23.7 Å². The summed E-state index contributed by atoms with van der Waals surface area (Å²) >= 11 is 30.0. The Labute approximate surface area is 617 Å². The predicted octanol–water partition coefficient (Wildman–Crippen LogP) is 13.1. The van der Waals surface area contributed by atoms with Gasteiger partial charge in [0, 0.05) is 82.5 Å². The summed E-state index contributed by atoms with van der Waals surface area (Å²) in [7, 11) is 2.54. The number of hydrogen-bond acceptors (Lipinski definition) is 16. The number of fused-ring (bicyclic) bond motifs is 1. The second-order valence-corrected chi connectivity index (χ2v) is 47.7. The van der Waals surface area contributed by atoms with Crippen molar-refractivity contribution in [2.24, 2.45) is 0 Å². The summed E-state index contributed by atoms with van der Waals surface area (Å²) < 4.78 is 117. The molecule has 0 atom stereocenters. The van der Waals surface area contributed by atoms with Crippen molar-refractivity contribution < 1.29 is 75.4 Å². The number of rotatable bonds is 19. The summed E-state index contributed by atoms with van der Waals surface area (Å²) in [6.07, 6.45) is 21.0. The number of sulfonamides is 1. The van der Waals surface area contributed by atoms with Gasteiger partial charge in [0.05, 0.1) is 62.8 Å². The number of nitrogens with zero attached hydrogens (tertiary/aromatic N) is 4. The molecule has 0 fully saturated rings. The van der Waals surface area contributed by atoms with Crippen LogP contribution in [0.15, 0.2) is 188 Å². The number of benzene rings is 7. The predicted molar refractivity (Wildman–Crippen MR) is 391 cm³/mol. The van der Waals surface area contributed by atoms with Crippen LogP contribution in [0, 0.1) is 49.4 Å². The van der Waals surface area contributed by atoms with Crippen LogP contribution in [-0.4, -0.2) is 156 Å². The Morgan fingerprint density at radius 1 is 0.434 bits per heavy atom. The van der Waals surface area contributed by atoms with E-state index < -0.39 is 61.9 Å². The Kier molecular flexibility index (Phi) is 35.3. The normalized spacial score (nSPS) is 11.5. The van der Waals surface area contributed by atoms with Gasteiger partial charge in [0.25, 0.3) is 60.2 Å². The second-order valence-electron chi connectivity index (χ2n) is 19.4. The molecule has 99 heavy (non-hydrogen) atoms. The van der Waals surface area contributed by atoms with Crippen molar-refractivity contribution >= 4 is 190 Å². The van der Waals surface area contributed by atoms with E-state index in [4.69, 9.17) is 135 Å². The summed E-state index contributed by atoms with van der Waals surface area (Å²) in [5.41, 5.74) is 2.32. The van der Waals surface area contributed by atoms with Gasteiger partial charge in [0.15, 0.2) is 0 Å². The third kappa shape index (κ3) is 32.2. The fraction of sp³-hybridized carbons (Fsp3) is 0.159. The first-order valence-electron chi connectivity index (χ1n) is 26.9. The summed E-state index contributed by atoms with van der Waals surface area (Å²) in [4.78, 5) is 60.8. The molecule has 0 unspecified atom stereocenters. The minimum Gasteiger partial charge on any atom is -0.478 e. The molecular formula is C63H56Cl9N4O17PS5. The fourth-order valence-electron chi connectivity index (χ4n) is 7.21. The van der Waals surface area contributed by atoms with Gasteiger partial charge in [-0.3, -0.25) is 23.4 Å². The molecule has 7 rings (SSSR count). The average molecular weight is 1650 g/mol. The zero-order valence-electron chi connectivity index (χ0n) is 51.8. The number of carbonyl (C=O) groups is 5. The second kappa shape index (κ2) is 39.5. The smallest absolute Gasteiger partial charge is 0.335 e. The largest absolute Gasteiger partial charge is 0.478 e. The summed E-state index contributed by atoms with van der Waals surface area (Å²) in [6, 6.07) is 40.3. The van der Waals surface area contributed by atoms with Crippen LogP contribution >= 0.6 is 103 Å². The topological polar surface area (TPSA) is 298 Å². The number of carboxylic acid groups (broad SMARTS) is 1. The van der Waals surface area contributed by atoms with Crippen molar-refractivity contribution in [2.45, 2.75) is 30.9 Å². The zero-order chi connectivity index (χ0) is 75.5. The van der Waals surface area contributed by atoms with Gasteiger partial charge in [0.1, 0.15) is 0 Å². The molecule has 0 saturated carbocycles. The summed E-state index contributed by atoms with van der Waals surface area (Å²) in [6.45, 7) is 0.565. The minimum absolute atomic E-state index is 0.00663. The van der Waals surface area contributed by atoms with E-state index in [1.165, 1.54) is 131 Å². The molecule has 7 aromatic carbocycles. The molecule has 3 amide bonds. The molecule has 21 nitrogen and oxygen atoms in total. The van der Waals surface area contributed by atoms with Crippen molar-refractivity contribution in [3.63, 3.8) is 0 Å². The van der Waals surface area contributed by atoms with E-state index in [9.17, 15) is 66.1 Å². The molecule has 0 radical (unpaired) electrons. The maximum Gasteiger partial charge on any atom is 0.335 e. The van der Waals surface area contributed by atoms with E-state index in [0.717, 1.165) is 32.8 Å². The maximum absolute atomic E-state index is 12.4. The molecule has 1 N–H and O–H groups in total. The summed E-state index contributed by atoms with van der Waals surface area (Å²) in [5.74, 6) is 7.43. The Bertz CT molecular complexity index is 4700. The van der Waals surface area contributed by atoms with Gasteiger partial charge < -0.3 is 19.8 Å². The van der Waals surface area contributed by atoms with Crippen molar-refractivity contribution in [1.82, 2.24) is 19.0 Å². The van der Waals surface area contributed by atoms with Crippen LogP contribution in [0.3, 0.4) is 0 Å². The number of terminal acetylenes is 4. The molecule has 0 aliphatic carbocycles. The first kappa shape index (κ1) is 88.4. The number of aromatic carboxylic acids is 1. The fourth-order valence-corrected chi connectivity index (χ4v) is 11.6. The van der Waals surface area contributed by atoms with Gasteiger partial charge in [-0.25, -0.2) is 38.5 Å². The number of amides is 3. The molecule has 0 aliphatic heterocycles. The number of halogens is 9. The van der Waals surface area contributed by atoms with Crippen LogP contribution in [0.1, 0.15) is 57.4 Å². The minimum atomic E-state index is -3.90. The van der Waals surface area contributed by atoms with Gasteiger partial charge in [-0.1, -0.05) is 66.1 Å². The van der Waals surface area contributed by atoms with Crippen LogP contribution in [-0.2, 0) is 57.9 Å². The van der Waals surface area contributed by atoms with Crippen molar-refractivity contribution in [3.8, 4) is 49.4 Å². The zero-order valence-corrected chi connectivity index (χ0v) is 63.6. The van der Waals surface area contributed by atoms with E-state index in [1.807, 2.05) is 42.5 Å². The van der Waals surface area contributed by atoms with Crippen LogP contribution in [0.4, 0.5) is 0 Å². The Hall–Kier alpha value is -6.70. The molecular weight excluding hydrogens is 1600 g/mol. The third-order valence-corrected chi connectivity index (χ3v) is 19.6. The van der Waals surface area contributed by atoms with Crippen LogP contribution in [0.2, 0.25) is 0 Å². The summed E-state index contributed by atoms with van der Waals surface area (Å²) in [5, 5.41) is 10.1. The molecule has 0 bridgehead atoms. The number of hydrogen-bond donors (Lipinski definition) is 1. The number of carbonyl (C=O) groups excluding carboxylic acids is 4. The van der Waals surface area contributed by atoms with E-state index in [0.29, 0.717) is 23.1 Å². The van der Waals surface area contributed by atoms with Crippen molar-refractivity contribution in [2.75, 3.05) is 61.0 Å². The molecule has 0 aromatic heterocycles. The van der Waals surface area contributed by atoms with Crippen molar-refractivity contribution in [3.05, 3.63) is 197 Å². The van der Waals surface area contributed by atoms with Gasteiger partial charge in [0.2, 0.25) is 10.0 Å². The standard InChI is InChI=1S/C23H21NO4S.C15H16N2O3S.C11H10ClNO3S.C7H4Cl2O3S.C7H5ClO4S.Cl5P/c1-3-15-24(2)23(25)20-10-12-22(13-11-20)29(26,27)28-16-14-18-8-9-19-6-4-5-7-21(19)17-18;1-5-11-16(3)15(18)13-7-9-14(10-8-13)21(19,20)17(4)12-6-2;1-3-8-13(2)11(14)9-4-6-10(7-5-9)17(12,15)16;8-7(10)5-1-3-6(4-2-5)13(9,11)12;8-13(11,12)6-3-1-5(2-4-6)7(9)10;1-6(2,3,4)5/h1,4-13,17H,14-16H2,2H3;1-2,7-10H,11-12H2,3-4H3;1,4-7H,8H2,2H3;1-4H;1-4H,(H,9,10);. The Balaban J connectivity index is 0.000000425. The molecule has 36 heteroatoms. The monoisotopic (exact) mass is 1650 g/mol.